The quantitative estimate of drug-likeness (QED) is 0.805. The normalized spacial score (nSPS) is 10.5. The van der Waals surface area contributed by atoms with E-state index in [2.05, 4.69) is 25.0 Å². The zero-order valence-electron chi connectivity index (χ0n) is 10.1. The van der Waals surface area contributed by atoms with Crippen molar-refractivity contribution in [2.75, 3.05) is 0 Å². The topological polar surface area (TPSA) is 41.6 Å². The predicted molar refractivity (Wildman–Crippen MR) is 67.2 cm³/mol. The molecule has 0 amide bonds. The molecular weight excluding hydrogens is 210 g/mol. The van der Waals surface area contributed by atoms with Gasteiger partial charge < -0.3 is 0 Å². The van der Waals surface area contributed by atoms with Crippen LogP contribution in [-0.2, 0) is 6.54 Å². The molecule has 3 nitrogen and oxygen atoms in total. The fourth-order valence-corrected chi connectivity index (χ4v) is 1.78. The third-order valence-corrected chi connectivity index (χ3v) is 2.48. The van der Waals surface area contributed by atoms with E-state index in [4.69, 9.17) is 5.26 Å². The molecule has 0 fully saturated rings. The van der Waals surface area contributed by atoms with Gasteiger partial charge in [-0.15, -0.1) is 0 Å². The zero-order valence-corrected chi connectivity index (χ0v) is 10.1. The van der Waals surface area contributed by atoms with E-state index >= 15 is 0 Å². The lowest BCUT2D eigenvalue weighted by Gasteiger charge is -2.03. The number of nitriles is 1. The molecule has 0 atom stereocenters. The van der Waals surface area contributed by atoms with Crippen LogP contribution in [0.15, 0.2) is 36.5 Å². The van der Waals surface area contributed by atoms with E-state index in [9.17, 15) is 0 Å². The second-order valence-electron chi connectivity index (χ2n) is 4.49. The van der Waals surface area contributed by atoms with Gasteiger partial charge >= 0.3 is 0 Å². The van der Waals surface area contributed by atoms with Crippen molar-refractivity contribution in [2.24, 2.45) is 5.92 Å². The molecule has 2 aromatic rings. The first kappa shape index (κ1) is 11.4. The highest BCUT2D eigenvalue weighted by molar-refractivity contribution is 5.65. The van der Waals surface area contributed by atoms with E-state index in [0.717, 1.165) is 17.8 Å². The molecule has 1 heterocycles. The molecule has 0 saturated carbocycles. The number of hydrogen-bond acceptors (Lipinski definition) is 2. The Kier molecular flexibility index (Phi) is 3.24. The van der Waals surface area contributed by atoms with Crippen LogP contribution in [0.5, 0.6) is 0 Å². The molecule has 2 rings (SSSR count). The van der Waals surface area contributed by atoms with Crippen LogP contribution in [0.25, 0.3) is 11.3 Å². The maximum Gasteiger partial charge on any atom is 0.110 e. The van der Waals surface area contributed by atoms with Gasteiger partial charge in [-0.05, 0) is 5.92 Å². The van der Waals surface area contributed by atoms with Crippen molar-refractivity contribution < 1.29 is 0 Å². The van der Waals surface area contributed by atoms with E-state index < -0.39 is 0 Å². The van der Waals surface area contributed by atoms with Gasteiger partial charge in [0, 0.05) is 18.3 Å². The average Bonchev–Trinajstić information content (AvgIpc) is 2.72. The van der Waals surface area contributed by atoms with Gasteiger partial charge in [-0.3, -0.25) is 4.68 Å². The monoisotopic (exact) mass is 225 g/mol. The van der Waals surface area contributed by atoms with Gasteiger partial charge in [0.1, 0.15) is 11.8 Å². The van der Waals surface area contributed by atoms with Crippen LogP contribution >= 0.6 is 0 Å². The highest BCUT2D eigenvalue weighted by Crippen LogP contribution is 2.21. The summed E-state index contributed by atoms with van der Waals surface area (Å²) in [6.45, 7) is 5.10. The molecule has 0 bridgehead atoms. The number of benzene rings is 1. The van der Waals surface area contributed by atoms with Crippen LogP contribution in [0.2, 0.25) is 0 Å². The van der Waals surface area contributed by atoms with Gasteiger partial charge in [0.2, 0.25) is 0 Å². The van der Waals surface area contributed by atoms with E-state index in [1.165, 1.54) is 0 Å². The summed E-state index contributed by atoms with van der Waals surface area (Å²) in [6, 6.07) is 12.0. The Balaban J connectivity index is 2.41. The molecule has 86 valence electrons. The van der Waals surface area contributed by atoms with Crippen LogP contribution in [-0.4, -0.2) is 9.78 Å². The van der Waals surface area contributed by atoms with Gasteiger partial charge in [0.05, 0.1) is 5.56 Å². The van der Waals surface area contributed by atoms with Gasteiger partial charge in [-0.25, -0.2) is 0 Å². The molecule has 1 aromatic heterocycles. The number of rotatable bonds is 3. The Morgan fingerprint density at radius 1 is 1.29 bits per heavy atom. The van der Waals surface area contributed by atoms with E-state index in [1.54, 1.807) is 0 Å². The highest BCUT2D eigenvalue weighted by atomic mass is 15.3. The first-order valence-electron chi connectivity index (χ1n) is 5.73. The van der Waals surface area contributed by atoms with Crippen LogP contribution < -0.4 is 0 Å². The van der Waals surface area contributed by atoms with Crippen molar-refractivity contribution in [1.29, 1.82) is 5.26 Å². The largest absolute Gasteiger partial charge is 0.270 e. The van der Waals surface area contributed by atoms with Crippen LogP contribution in [0, 0.1) is 17.2 Å². The fraction of sp³-hybridized carbons (Fsp3) is 0.286. The van der Waals surface area contributed by atoms with Crippen molar-refractivity contribution in [3.8, 4) is 17.3 Å². The SMILES string of the molecule is CC(C)Cn1cc(C#N)c(-c2ccccc2)n1. The van der Waals surface area contributed by atoms with Crippen molar-refractivity contribution in [2.45, 2.75) is 20.4 Å². The summed E-state index contributed by atoms with van der Waals surface area (Å²) in [6.07, 6.45) is 1.82. The molecule has 0 N–H and O–H groups in total. The minimum atomic E-state index is 0.519. The first-order valence-corrected chi connectivity index (χ1v) is 5.73. The maximum absolute atomic E-state index is 9.12. The second-order valence-corrected chi connectivity index (χ2v) is 4.49. The average molecular weight is 225 g/mol. The Morgan fingerprint density at radius 2 is 2.00 bits per heavy atom. The minimum Gasteiger partial charge on any atom is -0.270 e. The molecule has 3 heteroatoms. The Morgan fingerprint density at radius 3 is 2.59 bits per heavy atom. The standard InChI is InChI=1S/C14H15N3/c1-11(2)9-17-10-13(8-15)14(16-17)12-6-4-3-5-7-12/h3-7,10-11H,9H2,1-2H3. The summed E-state index contributed by atoms with van der Waals surface area (Å²) in [5.41, 5.74) is 2.40. The van der Waals surface area contributed by atoms with E-state index in [0.29, 0.717) is 11.5 Å². The summed E-state index contributed by atoms with van der Waals surface area (Å²) in [7, 11) is 0. The molecule has 0 aliphatic rings. The molecular formula is C14H15N3. The Hall–Kier alpha value is -2.08. The fourth-order valence-electron chi connectivity index (χ4n) is 1.78. The molecule has 0 spiro atoms. The lowest BCUT2D eigenvalue weighted by atomic mass is 10.1. The second kappa shape index (κ2) is 4.84. The third kappa shape index (κ3) is 2.54. The van der Waals surface area contributed by atoms with E-state index in [-0.39, 0.29) is 0 Å². The highest BCUT2D eigenvalue weighted by Gasteiger charge is 2.10. The molecule has 0 aliphatic carbocycles. The van der Waals surface area contributed by atoms with Crippen molar-refractivity contribution in [3.63, 3.8) is 0 Å². The Labute approximate surface area is 101 Å². The summed E-state index contributed by atoms with van der Waals surface area (Å²) < 4.78 is 1.85. The summed E-state index contributed by atoms with van der Waals surface area (Å²) in [5.74, 6) is 0.519. The smallest absolute Gasteiger partial charge is 0.110 e. The molecule has 0 unspecified atom stereocenters. The number of hydrogen-bond donors (Lipinski definition) is 0. The summed E-state index contributed by atoms with van der Waals surface area (Å²) in [5, 5.41) is 13.6. The summed E-state index contributed by atoms with van der Waals surface area (Å²) >= 11 is 0. The van der Waals surface area contributed by atoms with Gasteiger partial charge in [0.15, 0.2) is 0 Å². The van der Waals surface area contributed by atoms with Crippen molar-refractivity contribution in [3.05, 3.63) is 42.1 Å². The minimum absolute atomic E-state index is 0.519. The lowest BCUT2D eigenvalue weighted by Crippen LogP contribution is -2.04. The van der Waals surface area contributed by atoms with Crippen LogP contribution in [0.1, 0.15) is 19.4 Å². The van der Waals surface area contributed by atoms with Gasteiger partial charge in [0.25, 0.3) is 0 Å². The van der Waals surface area contributed by atoms with Crippen LogP contribution in [0.3, 0.4) is 0 Å². The molecule has 0 aliphatic heterocycles. The third-order valence-electron chi connectivity index (χ3n) is 2.48. The molecule has 17 heavy (non-hydrogen) atoms. The lowest BCUT2D eigenvalue weighted by molar-refractivity contribution is 0.484. The summed E-state index contributed by atoms with van der Waals surface area (Å²) in [4.78, 5) is 0. The van der Waals surface area contributed by atoms with Crippen molar-refractivity contribution >= 4 is 0 Å². The predicted octanol–water partition coefficient (Wildman–Crippen LogP) is 3.08. The molecule has 1 aromatic carbocycles. The van der Waals surface area contributed by atoms with Crippen LogP contribution in [0.4, 0.5) is 0 Å². The van der Waals surface area contributed by atoms with Gasteiger partial charge in [-0.1, -0.05) is 44.2 Å². The molecule has 0 saturated heterocycles. The Bertz CT molecular complexity index is 532. The van der Waals surface area contributed by atoms with E-state index in [1.807, 2.05) is 41.2 Å². The van der Waals surface area contributed by atoms with Crippen molar-refractivity contribution in [1.82, 2.24) is 9.78 Å². The zero-order chi connectivity index (χ0) is 12.3. The molecule has 0 radical (unpaired) electrons. The van der Waals surface area contributed by atoms with Gasteiger partial charge in [-0.2, -0.15) is 10.4 Å². The first-order chi connectivity index (χ1) is 8.20. The number of aromatic nitrogens is 2. The maximum atomic E-state index is 9.12. The number of nitrogens with zero attached hydrogens (tertiary/aromatic N) is 3.